The van der Waals surface area contributed by atoms with Crippen LogP contribution >= 0.6 is 22.6 Å². The number of alkyl halides is 1. The van der Waals surface area contributed by atoms with Crippen LogP contribution in [-0.4, -0.2) is 14.9 Å². The maximum absolute atomic E-state index is 11.8. The molecule has 0 atom stereocenters. The highest BCUT2D eigenvalue weighted by Crippen LogP contribution is 2.40. The molecule has 102 valence electrons. The lowest BCUT2D eigenvalue weighted by Crippen LogP contribution is -2.55. The highest BCUT2D eigenvalue weighted by molar-refractivity contribution is 14.1. The lowest BCUT2D eigenvalue weighted by molar-refractivity contribution is -0.547. The van der Waals surface area contributed by atoms with Gasteiger partial charge >= 0.3 is 0 Å². The zero-order valence-corrected chi connectivity index (χ0v) is 13.0. The number of halogens is 1. The predicted octanol–water partition coefficient (Wildman–Crippen LogP) is 3.54. The number of hydroxylamine groups is 2. The second kappa shape index (κ2) is 6.02. The average Bonchev–Trinajstić information content (AvgIpc) is 2.33. The van der Waals surface area contributed by atoms with Crippen LogP contribution in [0.5, 0.6) is 0 Å². The molecule has 1 aromatic carbocycles. The summed E-state index contributed by atoms with van der Waals surface area (Å²) in [6.45, 7) is 4.15. The van der Waals surface area contributed by atoms with Crippen molar-refractivity contribution >= 4 is 34.6 Å². The topological polar surface area (TPSA) is 38.8 Å². The normalized spacial score (nSPS) is 17.8. The summed E-state index contributed by atoms with van der Waals surface area (Å²) in [5, 5.41) is 0.925. The molecule has 0 aliphatic carbocycles. The molecule has 1 saturated heterocycles. The average molecular weight is 373 g/mol. The number of carbonyl (C=O) groups is 1. The van der Waals surface area contributed by atoms with Crippen LogP contribution in [-0.2, 0) is 14.5 Å². The Balaban J connectivity index is 1.85. The van der Waals surface area contributed by atoms with Crippen molar-refractivity contribution in [3.8, 4) is 0 Å². The van der Waals surface area contributed by atoms with Gasteiger partial charge < -0.3 is 0 Å². The minimum absolute atomic E-state index is 0.320. The quantitative estimate of drug-likeness (QED) is 0.461. The molecule has 5 heteroatoms. The Kier molecular flexibility index (Phi) is 4.59. The van der Waals surface area contributed by atoms with Crippen molar-refractivity contribution in [2.45, 2.75) is 24.1 Å². The van der Waals surface area contributed by atoms with Crippen LogP contribution in [0.25, 0.3) is 6.08 Å². The Morgan fingerprint density at radius 1 is 1.37 bits per heavy atom. The standard InChI is InChI=1S/C14H16INO3/c1-11(2)10-14(15)18-16(19-14)13(17)9-8-12-6-4-3-5-7-12/h3-9,11H,10H2,1-2H3/b9-8+. The molecular weight excluding hydrogens is 357 g/mol. The van der Waals surface area contributed by atoms with E-state index in [-0.39, 0.29) is 5.91 Å². The minimum Gasteiger partial charge on any atom is -0.265 e. The van der Waals surface area contributed by atoms with Gasteiger partial charge in [-0.05, 0) is 40.1 Å². The van der Waals surface area contributed by atoms with Crippen LogP contribution in [0.2, 0.25) is 0 Å². The van der Waals surface area contributed by atoms with Crippen molar-refractivity contribution in [3.63, 3.8) is 0 Å². The number of amides is 1. The fraction of sp³-hybridized carbons (Fsp3) is 0.357. The van der Waals surface area contributed by atoms with Gasteiger partial charge in [-0.2, -0.15) is 9.68 Å². The molecule has 1 fully saturated rings. The van der Waals surface area contributed by atoms with Gasteiger partial charge in [0.05, 0.1) is 0 Å². The molecule has 2 rings (SSSR count). The monoisotopic (exact) mass is 373 g/mol. The molecule has 0 N–H and O–H groups in total. The molecule has 1 aliphatic heterocycles. The van der Waals surface area contributed by atoms with E-state index in [4.69, 9.17) is 9.68 Å². The van der Waals surface area contributed by atoms with Crippen molar-refractivity contribution in [1.29, 1.82) is 0 Å². The van der Waals surface area contributed by atoms with Crippen LogP contribution in [0.3, 0.4) is 0 Å². The van der Waals surface area contributed by atoms with Crippen molar-refractivity contribution in [1.82, 2.24) is 5.23 Å². The first-order valence-corrected chi connectivity index (χ1v) is 7.21. The summed E-state index contributed by atoms with van der Waals surface area (Å²) in [5.74, 6) is 0.119. The van der Waals surface area contributed by atoms with Gasteiger partial charge in [0.25, 0.3) is 9.70 Å². The minimum atomic E-state index is -0.706. The zero-order valence-electron chi connectivity index (χ0n) is 10.9. The summed E-state index contributed by atoms with van der Waals surface area (Å²) in [4.78, 5) is 22.5. The van der Waals surface area contributed by atoms with Crippen LogP contribution in [0.1, 0.15) is 25.8 Å². The maximum atomic E-state index is 11.8. The second-order valence-electron chi connectivity index (χ2n) is 4.78. The van der Waals surface area contributed by atoms with E-state index < -0.39 is 3.79 Å². The molecule has 1 aliphatic rings. The summed E-state index contributed by atoms with van der Waals surface area (Å²) in [5.41, 5.74) is 0.958. The molecule has 1 heterocycles. The summed E-state index contributed by atoms with van der Waals surface area (Å²) < 4.78 is -0.706. The largest absolute Gasteiger partial charge is 0.297 e. The van der Waals surface area contributed by atoms with Gasteiger partial charge in [0.2, 0.25) is 0 Å². The Labute approximate surface area is 126 Å². The van der Waals surface area contributed by atoms with Crippen LogP contribution in [0, 0.1) is 5.92 Å². The first-order valence-electron chi connectivity index (χ1n) is 6.13. The number of benzene rings is 1. The van der Waals surface area contributed by atoms with Gasteiger partial charge in [-0.15, -0.1) is 0 Å². The molecule has 4 nitrogen and oxygen atoms in total. The van der Waals surface area contributed by atoms with Gasteiger partial charge in [0.1, 0.15) is 0 Å². The summed E-state index contributed by atoms with van der Waals surface area (Å²) in [6.07, 6.45) is 3.89. The lowest BCUT2D eigenvalue weighted by atomic mass is 10.1. The van der Waals surface area contributed by atoms with Crippen molar-refractivity contribution in [2.75, 3.05) is 0 Å². The Hall–Kier alpha value is -0.920. The Morgan fingerprint density at radius 2 is 2.00 bits per heavy atom. The number of rotatable bonds is 4. The number of hydrogen-bond donors (Lipinski definition) is 0. The van der Waals surface area contributed by atoms with Gasteiger partial charge in [-0.3, -0.25) is 4.79 Å². The summed E-state index contributed by atoms with van der Waals surface area (Å²) in [7, 11) is 0. The molecule has 0 aromatic heterocycles. The summed E-state index contributed by atoms with van der Waals surface area (Å²) >= 11 is 2.07. The molecule has 19 heavy (non-hydrogen) atoms. The zero-order chi connectivity index (χ0) is 13.9. The first-order chi connectivity index (χ1) is 8.98. The Bertz CT molecular complexity index is 467. The van der Waals surface area contributed by atoms with E-state index in [2.05, 4.69) is 36.4 Å². The molecule has 1 aromatic rings. The van der Waals surface area contributed by atoms with E-state index in [0.717, 1.165) is 17.2 Å². The van der Waals surface area contributed by atoms with Crippen LogP contribution in [0.15, 0.2) is 36.4 Å². The fourth-order valence-electron chi connectivity index (χ4n) is 1.70. The van der Waals surface area contributed by atoms with E-state index in [0.29, 0.717) is 5.92 Å². The highest BCUT2D eigenvalue weighted by Gasteiger charge is 2.47. The molecule has 0 saturated carbocycles. The van der Waals surface area contributed by atoms with E-state index in [1.54, 1.807) is 6.08 Å². The molecule has 1 amide bonds. The molecule has 0 spiro atoms. The maximum Gasteiger partial charge on any atom is 0.297 e. The smallest absolute Gasteiger partial charge is 0.265 e. The van der Waals surface area contributed by atoms with Crippen molar-refractivity contribution in [3.05, 3.63) is 42.0 Å². The van der Waals surface area contributed by atoms with Crippen LogP contribution < -0.4 is 0 Å². The van der Waals surface area contributed by atoms with E-state index in [1.165, 1.54) is 6.08 Å². The first kappa shape index (κ1) is 14.5. The van der Waals surface area contributed by atoms with Crippen LogP contribution in [0.4, 0.5) is 0 Å². The third kappa shape index (κ3) is 4.02. The molecular formula is C14H16INO3. The molecule has 0 radical (unpaired) electrons. The van der Waals surface area contributed by atoms with Crippen molar-refractivity contribution < 1.29 is 14.5 Å². The van der Waals surface area contributed by atoms with Gasteiger partial charge in [0, 0.05) is 12.5 Å². The predicted molar refractivity (Wildman–Crippen MR) is 80.7 cm³/mol. The number of hydrogen-bond acceptors (Lipinski definition) is 3. The van der Waals surface area contributed by atoms with Gasteiger partial charge in [-0.1, -0.05) is 49.4 Å². The third-order valence-electron chi connectivity index (χ3n) is 2.49. The highest BCUT2D eigenvalue weighted by atomic mass is 127. The molecule has 0 bridgehead atoms. The van der Waals surface area contributed by atoms with Gasteiger partial charge in [0.15, 0.2) is 0 Å². The van der Waals surface area contributed by atoms with Gasteiger partial charge in [-0.25, -0.2) is 0 Å². The lowest BCUT2D eigenvalue weighted by Gasteiger charge is -2.43. The number of carbonyl (C=O) groups excluding carboxylic acids is 1. The van der Waals surface area contributed by atoms with E-state index >= 15 is 0 Å². The van der Waals surface area contributed by atoms with E-state index in [9.17, 15) is 4.79 Å². The second-order valence-corrected chi connectivity index (χ2v) is 6.42. The number of nitrogens with zero attached hydrogens (tertiary/aromatic N) is 1. The Morgan fingerprint density at radius 3 is 2.58 bits per heavy atom. The SMILES string of the molecule is CC(C)CC1(I)ON(C(=O)/C=C/c2ccccc2)O1. The molecule has 0 unspecified atom stereocenters. The summed E-state index contributed by atoms with van der Waals surface area (Å²) in [6, 6.07) is 9.60. The van der Waals surface area contributed by atoms with E-state index in [1.807, 2.05) is 30.3 Å². The fourth-order valence-corrected chi connectivity index (χ4v) is 2.94. The van der Waals surface area contributed by atoms with Crippen molar-refractivity contribution in [2.24, 2.45) is 5.92 Å². The third-order valence-corrected chi connectivity index (χ3v) is 3.32.